The molecule has 2 aliphatic heterocycles. The normalized spacial score (nSPS) is 20.4. The van der Waals surface area contributed by atoms with Gasteiger partial charge in [-0.1, -0.05) is 0 Å². The monoisotopic (exact) mass is 619 g/mol. The molecule has 2 saturated heterocycles. The van der Waals surface area contributed by atoms with E-state index < -0.39 is 23.2 Å². The number of aliphatic hydroxyl groups excluding tert-OH is 1. The Hall–Kier alpha value is -4.62. The van der Waals surface area contributed by atoms with Crippen molar-refractivity contribution in [3.05, 3.63) is 71.7 Å². The molecule has 2 atom stereocenters. The fourth-order valence-electron chi connectivity index (χ4n) is 6.10. The van der Waals surface area contributed by atoms with Crippen molar-refractivity contribution in [2.75, 3.05) is 51.7 Å². The second-order valence-corrected chi connectivity index (χ2v) is 11.7. The lowest BCUT2D eigenvalue weighted by Crippen LogP contribution is -2.60. The van der Waals surface area contributed by atoms with E-state index in [2.05, 4.69) is 20.6 Å². The fraction of sp³-hybridized carbons (Fsp3) is 0.375. The van der Waals surface area contributed by atoms with E-state index in [0.717, 1.165) is 5.56 Å². The van der Waals surface area contributed by atoms with Gasteiger partial charge in [0.15, 0.2) is 23.0 Å². The zero-order valence-electron chi connectivity index (χ0n) is 25.3. The van der Waals surface area contributed by atoms with Crippen molar-refractivity contribution in [2.24, 2.45) is 5.41 Å². The molecule has 2 fully saturated rings. The van der Waals surface area contributed by atoms with Gasteiger partial charge in [-0.2, -0.15) is 4.39 Å². The summed E-state index contributed by atoms with van der Waals surface area (Å²) in [7, 11) is 1.27. The molecule has 2 aromatic carbocycles. The highest BCUT2D eigenvalue weighted by atomic mass is 19.2. The van der Waals surface area contributed by atoms with Crippen LogP contribution in [0.1, 0.15) is 29.3 Å². The molecule has 0 radical (unpaired) electrons. The third kappa shape index (κ3) is 5.46. The summed E-state index contributed by atoms with van der Waals surface area (Å²) in [5.41, 5.74) is 1.86. The van der Waals surface area contributed by atoms with E-state index >= 15 is 0 Å². The second-order valence-electron chi connectivity index (χ2n) is 11.7. The quantitative estimate of drug-likeness (QED) is 0.300. The number of nitrogens with zero attached hydrogens (tertiary/aromatic N) is 5. The van der Waals surface area contributed by atoms with Gasteiger partial charge in [-0.25, -0.2) is 14.4 Å². The zero-order chi connectivity index (χ0) is 31.9. The molecule has 45 heavy (non-hydrogen) atoms. The predicted molar refractivity (Wildman–Crippen MR) is 163 cm³/mol. The van der Waals surface area contributed by atoms with Crippen LogP contribution < -0.4 is 15.4 Å². The van der Waals surface area contributed by atoms with E-state index in [1.807, 2.05) is 13.0 Å². The van der Waals surface area contributed by atoms with Crippen LogP contribution >= 0.6 is 0 Å². The summed E-state index contributed by atoms with van der Waals surface area (Å²) in [5, 5.41) is 16.9. The van der Waals surface area contributed by atoms with Gasteiger partial charge in [0.2, 0.25) is 11.7 Å². The molecule has 0 bridgehead atoms. The number of ether oxygens (including phenoxy) is 1. The maximum atomic E-state index is 14.8. The summed E-state index contributed by atoms with van der Waals surface area (Å²) in [5.74, 6) is -2.13. The van der Waals surface area contributed by atoms with Crippen LogP contribution in [0.25, 0.3) is 16.9 Å². The molecule has 236 valence electrons. The van der Waals surface area contributed by atoms with Crippen molar-refractivity contribution in [3.63, 3.8) is 0 Å². The number of piperidine rings is 1. The number of imidazole rings is 1. The number of aryl methyl sites for hydroxylation is 1. The van der Waals surface area contributed by atoms with Crippen molar-refractivity contribution in [1.29, 1.82) is 0 Å². The van der Waals surface area contributed by atoms with Crippen LogP contribution in [0.3, 0.4) is 0 Å². The van der Waals surface area contributed by atoms with E-state index in [1.165, 1.54) is 31.6 Å². The van der Waals surface area contributed by atoms with Gasteiger partial charge in [0.05, 0.1) is 30.5 Å². The molecule has 0 saturated carbocycles. The molecule has 3 N–H and O–H groups in total. The van der Waals surface area contributed by atoms with Gasteiger partial charge < -0.3 is 30.3 Å². The van der Waals surface area contributed by atoms with E-state index in [-0.39, 0.29) is 23.1 Å². The lowest BCUT2D eigenvalue weighted by atomic mass is 9.78. The van der Waals surface area contributed by atoms with E-state index in [0.29, 0.717) is 74.1 Å². The Morgan fingerprint density at radius 2 is 1.84 bits per heavy atom. The van der Waals surface area contributed by atoms with Crippen molar-refractivity contribution in [3.8, 4) is 17.0 Å². The standard InChI is InChI=1S/C32H35F2N7O4/c1-19-16-20(38-28-29-37-17-23(41(29)11-10-36-28)22-6-7-24(45-3)27(34)26(22)33)4-5-21(19)30(43)39-12-14-40(15-13-39)31(44)32(2)18-35-9-8-25(32)42/h4-7,10-11,16-17,25,35,42H,8-9,12-15,18H2,1-3H3,(H,36,38)/t25-,32-/m1/s1. The lowest BCUT2D eigenvalue weighted by Gasteiger charge is -2.43. The number of benzene rings is 2. The number of hydrogen-bond donors (Lipinski definition) is 3. The van der Waals surface area contributed by atoms with Crippen LogP contribution in [0.15, 0.2) is 48.9 Å². The number of carbonyl (C=O) groups is 2. The first-order valence-electron chi connectivity index (χ1n) is 14.8. The van der Waals surface area contributed by atoms with Crippen LogP contribution in [0.5, 0.6) is 5.75 Å². The number of fused-ring (bicyclic) bond motifs is 1. The molecule has 0 spiro atoms. The van der Waals surface area contributed by atoms with Gasteiger partial charge in [0, 0.05) is 61.9 Å². The Morgan fingerprint density at radius 1 is 1.09 bits per heavy atom. The SMILES string of the molecule is COc1ccc(-c2cnc3c(Nc4ccc(C(=O)N5CCN(C(=O)[C@]6(C)CNCC[C@H]6O)CC5)c(C)c4)nccn23)c(F)c1F. The maximum Gasteiger partial charge on any atom is 0.254 e. The molecule has 2 amide bonds. The molecule has 0 unspecified atom stereocenters. The van der Waals surface area contributed by atoms with Crippen LogP contribution in [-0.4, -0.2) is 93.6 Å². The number of aliphatic hydroxyl groups is 1. The highest BCUT2D eigenvalue weighted by Crippen LogP contribution is 2.32. The van der Waals surface area contributed by atoms with E-state index in [9.17, 15) is 23.5 Å². The highest BCUT2D eigenvalue weighted by molar-refractivity contribution is 5.96. The Morgan fingerprint density at radius 3 is 2.56 bits per heavy atom. The summed E-state index contributed by atoms with van der Waals surface area (Å²) in [6.07, 6.45) is 4.42. The molecule has 6 rings (SSSR count). The molecular weight excluding hydrogens is 584 g/mol. The number of hydrogen-bond acceptors (Lipinski definition) is 8. The van der Waals surface area contributed by atoms with Crippen LogP contribution in [0.4, 0.5) is 20.3 Å². The van der Waals surface area contributed by atoms with E-state index in [4.69, 9.17) is 4.74 Å². The fourth-order valence-corrected chi connectivity index (χ4v) is 6.10. The van der Waals surface area contributed by atoms with E-state index in [1.54, 1.807) is 39.5 Å². The van der Waals surface area contributed by atoms with Crippen LogP contribution in [-0.2, 0) is 4.79 Å². The van der Waals surface area contributed by atoms with Crippen LogP contribution in [0, 0.1) is 24.0 Å². The molecule has 2 aliphatic rings. The van der Waals surface area contributed by atoms with Gasteiger partial charge in [-0.05, 0) is 62.7 Å². The second kappa shape index (κ2) is 12.1. The number of methoxy groups -OCH3 is 1. The van der Waals surface area contributed by atoms with Gasteiger partial charge in [-0.3, -0.25) is 14.0 Å². The number of carbonyl (C=O) groups excluding carboxylic acids is 2. The first kappa shape index (κ1) is 30.4. The highest BCUT2D eigenvalue weighted by Gasteiger charge is 2.45. The molecular formula is C32H35F2N7O4. The molecule has 13 heteroatoms. The first-order chi connectivity index (χ1) is 21.6. The average molecular weight is 620 g/mol. The molecule has 4 aromatic rings. The maximum absolute atomic E-state index is 14.8. The van der Waals surface area contributed by atoms with Gasteiger partial charge in [0.25, 0.3) is 5.91 Å². The zero-order valence-corrected chi connectivity index (χ0v) is 25.3. The minimum atomic E-state index is -1.08. The summed E-state index contributed by atoms with van der Waals surface area (Å²) < 4.78 is 35.7. The molecule has 11 nitrogen and oxygen atoms in total. The van der Waals surface area contributed by atoms with Crippen molar-refractivity contribution >= 4 is 29.0 Å². The molecule has 2 aromatic heterocycles. The number of nitrogens with one attached hydrogen (secondary N) is 2. The molecule has 4 heterocycles. The third-order valence-corrected chi connectivity index (χ3v) is 8.86. The van der Waals surface area contributed by atoms with Gasteiger partial charge in [0.1, 0.15) is 0 Å². The Labute approximate surface area is 258 Å². The lowest BCUT2D eigenvalue weighted by molar-refractivity contribution is -0.151. The Kier molecular flexibility index (Phi) is 8.14. The minimum Gasteiger partial charge on any atom is -0.494 e. The number of halogens is 2. The topological polar surface area (TPSA) is 124 Å². The molecule has 0 aliphatic carbocycles. The number of piperazine rings is 1. The van der Waals surface area contributed by atoms with Crippen molar-refractivity contribution < 1.29 is 28.2 Å². The van der Waals surface area contributed by atoms with Crippen molar-refractivity contribution in [2.45, 2.75) is 26.4 Å². The average Bonchev–Trinajstić information content (AvgIpc) is 3.48. The largest absolute Gasteiger partial charge is 0.494 e. The number of anilines is 2. The van der Waals surface area contributed by atoms with Crippen molar-refractivity contribution in [1.82, 2.24) is 29.5 Å². The number of rotatable bonds is 6. The van der Waals surface area contributed by atoms with Crippen LogP contribution in [0.2, 0.25) is 0 Å². The first-order valence-corrected chi connectivity index (χ1v) is 14.8. The summed E-state index contributed by atoms with van der Waals surface area (Å²) in [4.78, 5) is 39.0. The van der Waals surface area contributed by atoms with Gasteiger partial charge in [-0.15, -0.1) is 0 Å². The predicted octanol–water partition coefficient (Wildman–Crippen LogP) is 3.38. The number of aromatic nitrogens is 3. The minimum absolute atomic E-state index is 0.0274. The summed E-state index contributed by atoms with van der Waals surface area (Å²) in [6, 6.07) is 8.14. The smallest absolute Gasteiger partial charge is 0.254 e. The Bertz CT molecular complexity index is 1770. The third-order valence-electron chi connectivity index (χ3n) is 8.86. The Balaban J connectivity index is 1.15. The van der Waals surface area contributed by atoms with Gasteiger partial charge >= 0.3 is 0 Å². The number of amides is 2. The summed E-state index contributed by atoms with van der Waals surface area (Å²) in [6.45, 7) is 6.36. The summed E-state index contributed by atoms with van der Waals surface area (Å²) >= 11 is 0.